The third-order valence-electron chi connectivity index (χ3n) is 5.41. The number of carboxylic acids is 1. The van der Waals surface area contributed by atoms with Crippen LogP contribution in [0.2, 0.25) is 0 Å². The first-order valence-electron chi connectivity index (χ1n) is 9.03. The summed E-state index contributed by atoms with van der Waals surface area (Å²) in [6, 6.07) is 1.68. The van der Waals surface area contributed by atoms with Gasteiger partial charge in [0.2, 0.25) is 0 Å². The van der Waals surface area contributed by atoms with E-state index in [4.69, 9.17) is 5.84 Å². The number of rotatable bonds is 5. The SMILES string of the molecule is CC(C)NC1CCN(N)CC1C1CCC(C(=O)O)CN1C(C)C. The Hall–Kier alpha value is -0.690. The molecule has 6 nitrogen and oxygen atoms in total. The second kappa shape index (κ2) is 7.92. The molecule has 4 N–H and O–H groups in total. The Kier molecular flexibility index (Phi) is 6.42. The highest BCUT2D eigenvalue weighted by atomic mass is 16.4. The lowest BCUT2D eigenvalue weighted by molar-refractivity contribution is -0.145. The molecule has 2 aliphatic rings. The van der Waals surface area contributed by atoms with Gasteiger partial charge >= 0.3 is 5.97 Å². The van der Waals surface area contributed by atoms with Crippen LogP contribution >= 0.6 is 0 Å². The van der Waals surface area contributed by atoms with E-state index in [0.717, 1.165) is 32.4 Å². The lowest BCUT2D eigenvalue weighted by atomic mass is 9.78. The van der Waals surface area contributed by atoms with Crippen molar-refractivity contribution in [3.8, 4) is 0 Å². The second-order valence-electron chi connectivity index (χ2n) is 7.85. The molecule has 134 valence electrons. The van der Waals surface area contributed by atoms with E-state index in [9.17, 15) is 9.90 Å². The molecule has 4 atom stereocenters. The van der Waals surface area contributed by atoms with Crippen molar-refractivity contribution in [2.24, 2.45) is 17.7 Å². The number of piperidine rings is 2. The predicted molar refractivity (Wildman–Crippen MR) is 91.9 cm³/mol. The number of hydrogen-bond donors (Lipinski definition) is 3. The predicted octanol–water partition coefficient (Wildman–Crippen LogP) is 1.12. The normalized spacial score (nSPS) is 34.2. The van der Waals surface area contributed by atoms with Crippen molar-refractivity contribution in [2.75, 3.05) is 19.6 Å². The highest BCUT2D eigenvalue weighted by Gasteiger charge is 2.42. The Bertz CT molecular complexity index is 402. The molecule has 0 aromatic rings. The Labute approximate surface area is 140 Å². The summed E-state index contributed by atoms with van der Waals surface area (Å²) in [6.45, 7) is 11.2. The molecule has 4 unspecified atom stereocenters. The molecule has 0 amide bonds. The molecule has 0 bridgehead atoms. The molecule has 2 aliphatic heterocycles. The number of hydrazine groups is 1. The Balaban J connectivity index is 2.15. The van der Waals surface area contributed by atoms with Gasteiger partial charge in [0, 0.05) is 49.7 Å². The molecule has 0 aromatic carbocycles. The standard InChI is InChI=1S/C17H34N4O2/c1-11(2)19-15-7-8-20(18)10-14(15)16-6-5-13(17(22)23)9-21(16)12(3)4/h11-16,19H,5-10,18H2,1-4H3,(H,22,23). The van der Waals surface area contributed by atoms with Crippen LogP contribution in [0.3, 0.4) is 0 Å². The summed E-state index contributed by atoms with van der Waals surface area (Å²) in [5.74, 6) is 5.68. The van der Waals surface area contributed by atoms with Gasteiger partial charge < -0.3 is 10.4 Å². The number of carbonyl (C=O) groups is 1. The highest BCUT2D eigenvalue weighted by Crippen LogP contribution is 2.33. The third-order valence-corrected chi connectivity index (χ3v) is 5.41. The maximum atomic E-state index is 11.4. The average Bonchev–Trinajstić information content (AvgIpc) is 2.48. The summed E-state index contributed by atoms with van der Waals surface area (Å²) >= 11 is 0. The molecule has 2 fully saturated rings. The van der Waals surface area contributed by atoms with E-state index in [1.807, 2.05) is 5.01 Å². The van der Waals surface area contributed by atoms with Gasteiger partial charge in [0.25, 0.3) is 0 Å². The summed E-state index contributed by atoms with van der Waals surface area (Å²) in [7, 11) is 0. The number of likely N-dealkylation sites (tertiary alicyclic amines) is 1. The van der Waals surface area contributed by atoms with Crippen LogP contribution in [-0.2, 0) is 4.79 Å². The van der Waals surface area contributed by atoms with Crippen LogP contribution < -0.4 is 11.2 Å². The molecule has 0 aliphatic carbocycles. The Morgan fingerprint density at radius 1 is 1.17 bits per heavy atom. The van der Waals surface area contributed by atoms with Crippen LogP contribution in [0.1, 0.15) is 47.0 Å². The van der Waals surface area contributed by atoms with Crippen molar-refractivity contribution in [2.45, 2.75) is 71.1 Å². The summed E-state index contributed by atoms with van der Waals surface area (Å²) in [4.78, 5) is 13.8. The lowest BCUT2D eigenvalue weighted by Crippen LogP contribution is -2.62. The zero-order valence-corrected chi connectivity index (χ0v) is 15.0. The number of hydrogen-bond acceptors (Lipinski definition) is 5. The summed E-state index contributed by atoms with van der Waals surface area (Å²) in [5.41, 5.74) is 0. The van der Waals surface area contributed by atoms with Crippen LogP contribution in [0.5, 0.6) is 0 Å². The summed E-state index contributed by atoms with van der Waals surface area (Å²) < 4.78 is 0. The lowest BCUT2D eigenvalue weighted by Gasteiger charge is -2.49. The third kappa shape index (κ3) is 4.66. The summed E-state index contributed by atoms with van der Waals surface area (Å²) in [5, 5.41) is 15.0. The van der Waals surface area contributed by atoms with E-state index in [2.05, 4.69) is 37.9 Å². The molecular formula is C17H34N4O2. The van der Waals surface area contributed by atoms with E-state index in [0.29, 0.717) is 36.6 Å². The fourth-order valence-corrected chi connectivity index (χ4v) is 4.31. The van der Waals surface area contributed by atoms with Crippen LogP contribution in [0, 0.1) is 11.8 Å². The minimum atomic E-state index is -0.657. The molecular weight excluding hydrogens is 292 g/mol. The van der Waals surface area contributed by atoms with Gasteiger partial charge in [-0.3, -0.25) is 15.5 Å². The van der Waals surface area contributed by atoms with E-state index < -0.39 is 5.97 Å². The van der Waals surface area contributed by atoms with Crippen molar-refractivity contribution < 1.29 is 9.90 Å². The number of nitrogens with zero attached hydrogens (tertiary/aromatic N) is 2. The number of nitrogens with one attached hydrogen (secondary N) is 1. The molecule has 0 spiro atoms. The molecule has 2 saturated heterocycles. The second-order valence-corrected chi connectivity index (χ2v) is 7.85. The van der Waals surface area contributed by atoms with Gasteiger partial charge in [-0.25, -0.2) is 5.01 Å². The quantitative estimate of drug-likeness (QED) is 0.657. The van der Waals surface area contributed by atoms with Crippen LogP contribution in [0.4, 0.5) is 0 Å². The van der Waals surface area contributed by atoms with E-state index >= 15 is 0 Å². The summed E-state index contributed by atoms with van der Waals surface area (Å²) in [6.07, 6.45) is 2.78. The largest absolute Gasteiger partial charge is 0.481 e. The fraction of sp³-hybridized carbons (Fsp3) is 0.941. The van der Waals surface area contributed by atoms with Crippen LogP contribution in [0.15, 0.2) is 0 Å². The van der Waals surface area contributed by atoms with Gasteiger partial charge in [-0.1, -0.05) is 13.8 Å². The smallest absolute Gasteiger partial charge is 0.307 e. The molecule has 2 rings (SSSR count). The van der Waals surface area contributed by atoms with Gasteiger partial charge in [-0.15, -0.1) is 0 Å². The maximum Gasteiger partial charge on any atom is 0.307 e. The zero-order valence-electron chi connectivity index (χ0n) is 15.0. The first-order valence-corrected chi connectivity index (χ1v) is 9.03. The van der Waals surface area contributed by atoms with Gasteiger partial charge in [0.1, 0.15) is 0 Å². The molecule has 0 saturated carbocycles. The minimum Gasteiger partial charge on any atom is -0.481 e. The molecule has 0 aromatic heterocycles. The minimum absolute atomic E-state index is 0.234. The Morgan fingerprint density at radius 2 is 1.87 bits per heavy atom. The van der Waals surface area contributed by atoms with Gasteiger partial charge in [-0.2, -0.15) is 0 Å². The number of nitrogens with two attached hydrogens (primary N) is 1. The molecule has 0 radical (unpaired) electrons. The fourth-order valence-electron chi connectivity index (χ4n) is 4.31. The zero-order chi connectivity index (χ0) is 17.1. The maximum absolute atomic E-state index is 11.4. The number of carboxylic acid groups (broad SMARTS) is 1. The van der Waals surface area contributed by atoms with Crippen LogP contribution in [-0.4, -0.2) is 64.8 Å². The van der Waals surface area contributed by atoms with E-state index in [1.165, 1.54) is 0 Å². The van der Waals surface area contributed by atoms with Gasteiger partial charge in [0.15, 0.2) is 0 Å². The van der Waals surface area contributed by atoms with Gasteiger partial charge in [0.05, 0.1) is 5.92 Å². The topological polar surface area (TPSA) is 81.8 Å². The van der Waals surface area contributed by atoms with Crippen LogP contribution in [0.25, 0.3) is 0 Å². The van der Waals surface area contributed by atoms with Crippen molar-refractivity contribution in [1.29, 1.82) is 0 Å². The number of aliphatic carboxylic acids is 1. The first-order chi connectivity index (χ1) is 10.8. The molecule has 6 heteroatoms. The molecule has 23 heavy (non-hydrogen) atoms. The molecule has 2 heterocycles. The first kappa shape index (κ1) is 18.6. The van der Waals surface area contributed by atoms with Crippen molar-refractivity contribution in [3.05, 3.63) is 0 Å². The monoisotopic (exact) mass is 326 g/mol. The van der Waals surface area contributed by atoms with Crippen molar-refractivity contribution >= 4 is 5.97 Å². The van der Waals surface area contributed by atoms with Crippen molar-refractivity contribution in [1.82, 2.24) is 15.2 Å². The average molecular weight is 326 g/mol. The highest BCUT2D eigenvalue weighted by molar-refractivity contribution is 5.70. The van der Waals surface area contributed by atoms with E-state index in [-0.39, 0.29) is 5.92 Å². The Morgan fingerprint density at radius 3 is 2.43 bits per heavy atom. The van der Waals surface area contributed by atoms with Crippen molar-refractivity contribution in [3.63, 3.8) is 0 Å². The van der Waals surface area contributed by atoms with E-state index in [1.54, 1.807) is 0 Å². The van der Waals surface area contributed by atoms with Gasteiger partial charge in [-0.05, 0) is 33.1 Å².